The average Bonchev–Trinajstić information content (AvgIpc) is 2.79. The Kier molecular flexibility index (Phi) is 6.51. The van der Waals surface area contributed by atoms with Crippen molar-refractivity contribution in [1.29, 1.82) is 0 Å². The standard InChI is InChI=1S/C24H22BrClN2O3/c1-30-21-11-8-15(25)12-18(21)24-27-19(14-6-9-16(26)10-7-14)13-20(28-24)17-4-3-5-22(31-2)23(17)29/h3-12,20,24,28-29H,13H2,1-2H3/t20-,24+/m0/s1. The van der Waals surface area contributed by atoms with Gasteiger partial charge in [-0.15, -0.1) is 0 Å². The van der Waals surface area contributed by atoms with Gasteiger partial charge in [-0.05, 0) is 42.0 Å². The number of ether oxygens (including phenoxy) is 2. The van der Waals surface area contributed by atoms with E-state index in [1.54, 1.807) is 20.3 Å². The summed E-state index contributed by atoms with van der Waals surface area (Å²) in [5.41, 5.74) is 3.54. The highest BCUT2D eigenvalue weighted by molar-refractivity contribution is 9.10. The van der Waals surface area contributed by atoms with E-state index in [4.69, 9.17) is 26.1 Å². The SMILES string of the molecule is COc1ccc(Br)cc1[C@@H]1N=C(c2ccc(Cl)cc2)C[C@@H](c2cccc(OC)c2O)N1. The van der Waals surface area contributed by atoms with E-state index in [0.29, 0.717) is 17.2 Å². The predicted molar refractivity (Wildman–Crippen MR) is 127 cm³/mol. The lowest BCUT2D eigenvalue weighted by Gasteiger charge is -2.31. The van der Waals surface area contributed by atoms with Crippen molar-refractivity contribution >= 4 is 33.2 Å². The van der Waals surface area contributed by atoms with Gasteiger partial charge in [0.1, 0.15) is 11.9 Å². The molecule has 5 nitrogen and oxygen atoms in total. The summed E-state index contributed by atoms with van der Waals surface area (Å²) >= 11 is 9.64. The van der Waals surface area contributed by atoms with Gasteiger partial charge in [0.05, 0.1) is 14.2 Å². The van der Waals surface area contributed by atoms with Gasteiger partial charge < -0.3 is 14.6 Å². The lowest BCUT2D eigenvalue weighted by molar-refractivity contribution is 0.357. The molecule has 3 aromatic rings. The van der Waals surface area contributed by atoms with Crippen LogP contribution in [0.25, 0.3) is 0 Å². The number of hydrogen-bond acceptors (Lipinski definition) is 5. The molecule has 3 aromatic carbocycles. The van der Waals surface area contributed by atoms with Crippen molar-refractivity contribution in [2.75, 3.05) is 14.2 Å². The maximum Gasteiger partial charge on any atom is 0.162 e. The van der Waals surface area contributed by atoms with Crippen molar-refractivity contribution in [1.82, 2.24) is 5.32 Å². The molecule has 7 heteroatoms. The summed E-state index contributed by atoms with van der Waals surface area (Å²) in [5, 5.41) is 15.0. The molecule has 1 aliphatic rings. The molecule has 2 atom stereocenters. The van der Waals surface area contributed by atoms with Crippen LogP contribution in [0.4, 0.5) is 0 Å². The van der Waals surface area contributed by atoms with Crippen molar-refractivity contribution in [2.24, 2.45) is 4.99 Å². The van der Waals surface area contributed by atoms with Crippen LogP contribution in [0, 0.1) is 0 Å². The fourth-order valence-corrected chi connectivity index (χ4v) is 4.29. The van der Waals surface area contributed by atoms with E-state index in [0.717, 1.165) is 32.6 Å². The second-order valence-corrected chi connectivity index (χ2v) is 8.55. The largest absolute Gasteiger partial charge is 0.504 e. The van der Waals surface area contributed by atoms with Gasteiger partial charge in [-0.2, -0.15) is 0 Å². The van der Waals surface area contributed by atoms with E-state index >= 15 is 0 Å². The molecule has 0 fully saturated rings. The summed E-state index contributed by atoms with van der Waals surface area (Å²) in [7, 11) is 3.19. The van der Waals surface area contributed by atoms with Crippen molar-refractivity contribution in [3.8, 4) is 17.2 Å². The molecule has 2 N–H and O–H groups in total. The number of hydrogen-bond donors (Lipinski definition) is 2. The molecule has 0 bridgehead atoms. The normalized spacial score (nSPS) is 18.4. The first-order chi connectivity index (χ1) is 15.0. The Balaban J connectivity index is 1.81. The van der Waals surface area contributed by atoms with Gasteiger partial charge in [-0.25, -0.2) is 0 Å². The first-order valence-electron chi connectivity index (χ1n) is 9.78. The molecule has 0 aliphatic carbocycles. The van der Waals surface area contributed by atoms with E-state index in [1.165, 1.54) is 0 Å². The summed E-state index contributed by atoms with van der Waals surface area (Å²) in [6.45, 7) is 0. The Morgan fingerprint density at radius 3 is 2.45 bits per heavy atom. The van der Waals surface area contributed by atoms with Crippen LogP contribution >= 0.6 is 27.5 Å². The number of para-hydroxylation sites is 1. The minimum absolute atomic E-state index is 0.125. The lowest BCUT2D eigenvalue weighted by atomic mass is 9.93. The number of nitrogens with zero attached hydrogens (tertiary/aromatic N) is 1. The van der Waals surface area contributed by atoms with Gasteiger partial charge in [-0.1, -0.05) is 51.8 Å². The molecule has 0 spiro atoms. The van der Waals surface area contributed by atoms with Crippen LogP contribution in [0.3, 0.4) is 0 Å². The molecule has 0 saturated heterocycles. The summed E-state index contributed by atoms with van der Waals surface area (Å²) in [6, 6.07) is 18.8. The Morgan fingerprint density at radius 2 is 1.74 bits per heavy atom. The number of aliphatic imine (C=N–C) groups is 1. The molecule has 0 amide bonds. The van der Waals surface area contributed by atoms with E-state index in [1.807, 2.05) is 54.6 Å². The molecule has 31 heavy (non-hydrogen) atoms. The smallest absolute Gasteiger partial charge is 0.162 e. The third kappa shape index (κ3) is 4.56. The minimum Gasteiger partial charge on any atom is -0.504 e. The maximum atomic E-state index is 10.8. The van der Waals surface area contributed by atoms with Gasteiger partial charge in [0, 0.05) is 38.8 Å². The van der Waals surface area contributed by atoms with Gasteiger partial charge in [0.25, 0.3) is 0 Å². The number of halogens is 2. The van der Waals surface area contributed by atoms with E-state index in [9.17, 15) is 5.11 Å². The van der Waals surface area contributed by atoms with Crippen LogP contribution in [-0.4, -0.2) is 25.0 Å². The highest BCUT2D eigenvalue weighted by Gasteiger charge is 2.30. The third-order valence-corrected chi connectivity index (χ3v) is 6.08. The van der Waals surface area contributed by atoms with Crippen molar-refractivity contribution in [3.63, 3.8) is 0 Å². The number of phenols is 1. The number of phenolic OH excluding ortho intramolecular Hbond substituents is 1. The van der Waals surface area contributed by atoms with Crippen LogP contribution in [-0.2, 0) is 0 Å². The second-order valence-electron chi connectivity index (χ2n) is 7.19. The molecular formula is C24H22BrClN2O3. The summed E-state index contributed by atoms with van der Waals surface area (Å²) in [6.07, 6.45) is 0.220. The minimum atomic E-state index is -0.373. The van der Waals surface area contributed by atoms with Crippen LogP contribution in [0.5, 0.6) is 17.2 Å². The van der Waals surface area contributed by atoms with Crippen LogP contribution < -0.4 is 14.8 Å². The Hall–Kier alpha value is -2.54. The number of aromatic hydroxyl groups is 1. The van der Waals surface area contributed by atoms with E-state index < -0.39 is 0 Å². The molecule has 1 heterocycles. The second kappa shape index (κ2) is 9.30. The molecule has 0 radical (unpaired) electrons. The zero-order valence-corrected chi connectivity index (χ0v) is 19.4. The molecular weight excluding hydrogens is 480 g/mol. The fraction of sp³-hybridized carbons (Fsp3) is 0.208. The Bertz CT molecular complexity index is 1120. The number of rotatable bonds is 5. The van der Waals surface area contributed by atoms with Gasteiger partial charge in [0.2, 0.25) is 0 Å². The number of benzene rings is 3. The quantitative estimate of drug-likeness (QED) is 0.447. The Morgan fingerprint density at radius 1 is 1.00 bits per heavy atom. The summed E-state index contributed by atoms with van der Waals surface area (Å²) in [5.74, 6) is 1.29. The monoisotopic (exact) mass is 500 g/mol. The van der Waals surface area contributed by atoms with Gasteiger partial charge >= 0.3 is 0 Å². The zero-order chi connectivity index (χ0) is 22.0. The van der Waals surface area contributed by atoms with Crippen LogP contribution in [0.15, 0.2) is 70.1 Å². The van der Waals surface area contributed by atoms with E-state index in [2.05, 4.69) is 21.2 Å². The lowest BCUT2D eigenvalue weighted by Crippen LogP contribution is -2.33. The van der Waals surface area contributed by atoms with Crippen molar-refractivity contribution < 1.29 is 14.6 Å². The number of nitrogens with one attached hydrogen (secondary N) is 1. The first-order valence-corrected chi connectivity index (χ1v) is 10.9. The molecule has 160 valence electrons. The van der Waals surface area contributed by atoms with Gasteiger partial charge in [0.15, 0.2) is 11.5 Å². The van der Waals surface area contributed by atoms with Crippen LogP contribution in [0.2, 0.25) is 5.02 Å². The molecule has 0 aromatic heterocycles. The fourth-order valence-electron chi connectivity index (χ4n) is 3.79. The third-order valence-electron chi connectivity index (χ3n) is 5.33. The van der Waals surface area contributed by atoms with E-state index in [-0.39, 0.29) is 18.0 Å². The Labute approximate surface area is 194 Å². The maximum absolute atomic E-state index is 10.8. The summed E-state index contributed by atoms with van der Waals surface area (Å²) < 4.78 is 11.8. The zero-order valence-electron chi connectivity index (χ0n) is 17.1. The highest BCUT2D eigenvalue weighted by Crippen LogP contribution is 2.40. The number of methoxy groups -OCH3 is 2. The molecule has 1 aliphatic heterocycles. The summed E-state index contributed by atoms with van der Waals surface area (Å²) in [4.78, 5) is 5.00. The first kappa shape index (κ1) is 21.7. The van der Waals surface area contributed by atoms with Crippen LogP contribution in [0.1, 0.15) is 35.3 Å². The topological polar surface area (TPSA) is 63.1 Å². The average molecular weight is 502 g/mol. The van der Waals surface area contributed by atoms with Crippen molar-refractivity contribution in [2.45, 2.75) is 18.6 Å². The molecule has 0 unspecified atom stereocenters. The molecule has 4 rings (SSSR count). The van der Waals surface area contributed by atoms with Gasteiger partial charge in [-0.3, -0.25) is 10.3 Å². The highest BCUT2D eigenvalue weighted by atomic mass is 79.9. The molecule has 0 saturated carbocycles. The predicted octanol–water partition coefficient (Wildman–Crippen LogP) is 6.05. The van der Waals surface area contributed by atoms with Crippen molar-refractivity contribution in [3.05, 3.63) is 86.8 Å².